The lowest BCUT2D eigenvalue weighted by atomic mass is 9.88. The summed E-state index contributed by atoms with van der Waals surface area (Å²) < 4.78 is 0. The molecule has 3 N–H and O–H groups in total. The summed E-state index contributed by atoms with van der Waals surface area (Å²) in [5.41, 5.74) is 0. The van der Waals surface area contributed by atoms with Crippen LogP contribution in [0.5, 0.6) is 0 Å². The van der Waals surface area contributed by atoms with Crippen LogP contribution in [0.4, 0.5) is 0 Å². The maximum atomic E-state index is 11.9. The van der Waals surface area contributed by atoms with Crippen LogP contribution in [0.3, 0.4) is 0 Å². The first-order valence-electron chi connectivity index (χ1n) is 6.15. The molecule has 1 rings (SSSR count). The van der Waals surface area contributed by atoms with Gasteiger partial charge in [0.15, 0.2) is 0 Å². The fourth-order valence-electron chi connectivity index (χ4n) is 1.87. The Kier molecular flexibility index (Phi) is 4.93. The molecule has 2 atom stereocenters. The lowest BCUT2D eigenvalue weighted by Gasteiger charge is -2.32. The molecule has 17 heavy (non-hydrogen) atoms. The molecule has 0 saturated carbocycles. The Morgan fingerprint density at radius 2 is 1.94 bits per heavy atom. The summed E-state index contributed by atoms with van der Waals surface area (Å²) >= 11 is 0. The largest absolute Gasteiger partial charge is 0.480 e. The molecule has 0 aromatic rings. The van der Waals surface area contributed by atoms with Gasteiger partial charge in [-0.15, -0.1) is 0 Å². The van der Waals surface area contributed by atoms with Gasteiger partial charge in [-0.05, 0) is 31.3 Å². The van der Waals surface area contributed by atoms with Crippen molar-refractivity contribution in [2.24, 2.45) is 17.8 Å². The number of carbonyl (C=O) groups excluding carboxylic acids is 1. The number of aliphatic carboxylic acids is 1. The number of carboxylic acids is 1. The normalized spacial score (nSPS) is 19.5. The second kappa shape index (κ2) is 6.00. The molecule has 1 aliphatic heterocycles. The van der Waals surface area contributed by atoms with Crippen molar-refractivity contribution in [3.8, 4) is 0 Å². The fourth-order valence-corrected chi connectivity index (χ4v) is 1.87. The van der Waals surface area contributed by atoms with Crippen LogP contribution in [-0.4, -0.2) is 36.1 Å². The molecule has 1 unspecified atom stereocenters. The van der Waals surface area contributed by atoms with E-state index in [-0.39, 0.29) is 17.7 Å². The second-order valence-corrected chi connectivity index (χ2v) is 5.24. The Balaban J connectivity index is 2.47. The van der Waals surface area contributed by atoms with E-state index < -0.39 is 12.0 Å². The predicted molar refractivity (Wildman–Crippen MR) is 64.5 cm³/mol. The zero-order valence-electron chi connectivity index (χ0n) is 10.7. The highest BCUT2D eigenvalue weighted by atomic mass is 16.4. The number of carboxylic acid groups (broad SMARTS) is 1. The van der Waals surface area contributed by atoms with Crippen LogP contribution >= 0.6 is 0 Å². The summed E-state index contributed by atoms with van der Waals surface area (Å²) in [6.07, 6.45) is 0.469. The Hall–Kier alpha value is -1.10. The fraction of sp³-hybridized carbons (Fsp3) is 0.833. The molecule has 5 heteroatoms. The first kappa shape index (κ1) is 14.0. The van der Waals surface area contributed by atoms with E-state index >= 15 is 0 Å². The van der Waals surface area contributed by atoms with Crippen molar-refractivity contribution in [2.75, 3.05) is 13.1 Å². The molecule has 1 amide bonds. The van der Waals surface area contributed by atoms with E-state index in [2.05, 4.69) is 10.6 Å². The topological polar surface area (TPSA) is 78.4 Å². The molecule has 1 heterocycles. The first-order valence-corrected chi connectivity index (χ1v) is 6.15. The highest BCUT2D eigenvalue weighted by Crippen LogP contribution is 2.16. The number of amides is 1. The van der Waals surface area contributed by atoms with Gasteiger partial charge in [0.2, 0.25) is 5.91 Å². The summed E-state index contributed by atoms with van der Waals surface area (Å²) in [5, 5.41) is 14.8. The van der Waals surface area contributed by atoms with Gasteiger partial charge in [-0.2, -0.15) is 0 Å². The highest BCUT2D eigenvalue weighted by Gasteiger charge is 2.31. The minimum atomic E-state index is -0.953. The van der Waals surface area contributed by atoms with Crippen LogP contribution < -0.4 is 10.6 Å². The van der Waals surface area contributed by atoms with Gasteiger partial charge in [-0.25, -0.2) is 4.79 Å². The van der Waals surface area contributed by atoms with Gasteiger partial charge in [0.1, 0.15) is 6.04 Å². The average Bonchev–Trinajstić information content (AvgIpc) is 2.12. The third-order valence-corrected chi connectivity index (χ3v) is 3.26. The monoisotopic (exact) mass is 242 g/mol. The number of hydrogen-bond acceptors (Lipinski definition) is 3. The van der Waals surface area contributed by atoms with Crippen LogP contribution in [0.2, 0.25) is 0 Å². The molecular formula is C12H22N2O3. The molecule has 0 bridgehead atoms. The van der Waals surface area contributed by atoms with E-state index in [9.17, 15) is 9.59 Å². The molecule has 5 nitrogen and oxygen atoms in total. The van der Waals surface area contributed by atoms with E-state index in [0.29, 0.717) is 12.3 Å². The number of hydrogen-bond donors (Lipinski definition) is 3. The Morgan fingerprint density at radius 1 is 1.35 bits per heavy atom. The van der Waals surface area contributed by atoms with Crippen molar-refractivity contribution >= 4 is 11.9 Å². The maximum Gasteiger partial charge on any atom is 0.326 e. The molecule has 0 radical (unpaired) electrons. The lowest BCUT2D eigenvalue weighted by Crippen LogP contribution is -2.52. The van der Waals surface area contributed by atoms with E-state index in [1.165, 1.54) is 0 Å². The standard InChI is InChI=1S/C12H22N2O3/c1-7(2)4-10(12(16)17)14-11(15)8(3)9-5-13-6-9/h7-10,13H,4-6H2,1-3H3,(H,14,15)(H,16,17)/t8?,10-/m1/s1. The van der Waals surface area contributed by atoms with Crippen molar-refractivity contribution in [3.05, 3.63) is 0 Å². The van der Waals surface area contributed by atoms with E-state index in [4.69, 9.17) is 5.11 Å². The van der Waals surface area contributed by atoms with Gasteiger partial charge >= 0.3 is 5.97 Å². The van der Waals surface area contributed by atoms with E-state index in [1.807, 2.05) is 20.8 Å². The Bertz CT molecular complexity index is 287. The molecule has 0 spiro atoms. The second-order valence-electron chi connectivity index (χ2n) is 5.24. The van der Waals surface area contributed by atoms with E-state index in [1.54, 1.807) is 0 Å². The van der Waals surface area contributed by atoms with Crippen molar-refractivity contribution in [3.63, 3.8) is 0 Å². The van der Waals surface area contributed by atoms with Crippen LogP contribution in [0.15, 0.2) is 0 Å². The first-order chi connectivity index (χ1) is 7.91. The number of nitrogens with one attached hydrogen (secondary N) is 2. The van der Waals surface area contributed by atoms with Crippen molar-refractivity contribution in [1.82, 2.24) is 10.6 Å². The zero-order chi connectivity index (χ0) is 13.0. The van der Waals surface area contributed by atoms with Gasteiger partial charge in [-0.3, -0.25) is 4.79 Å². The van der Waals surface area contributed by atoms with Crippen molar-refractivity contribution < 1.29 is 14.7 Å². The van der Waals surface area contributed by atoms with Gasteiger partial charge in [0.05, 0.1) is 0 Å². The average molecular weight is 242 g/mol. The molecular weight excluding hydrogens is 220 g/mol. The molecule has 1 fully saturated rings. The van der Waals surface area contributed by atoms with E-state index in [0.717, 1.165) is 13.1 Å². The molecule has 0 aromatic carbocycles. The maximum absolute atomic E-state index is 11.9. The predicted octanol–water partition coefficient (Wildman–Crippen LogP) is 0.457. The quantitative estimate of drug-likeness (QED) is 0.632. The Morgan fingerprint density at radius 3 is 2.29 bits per heavy atom. The minimum absolute atomic E-state index is 0.120. The third kappa shape index (κ3) is 4.00. The van der Waals surface area contributed by atoms with Gasteiger partial charge < -0.3 is 15.7 Å². The minimum Gasteiger partial charge on any atom is -0.480 e. The van der Waals surface area contributed by atoms with Crippen LogP contribution in [0, 0.1) is 17.8 Å². The van der Waals surface area contributed by atoms with Crippen LogP contribution in [-0.2, 0) is 9.59 Å². The summed E-state index contributed by atoms with van der Waals surface area (Å²) in [6, 6.07) is -0.766. The highest BCUT2D eigenvalue weighted by molar-refractivity contribution is 5.85. The summed E-state index contributed by atoms with van der Waals surface area (Å²) in [6.45, 7) is 7.44. The van der Waals surface area contributed by atoms with Crippen LogP contribution in [0.1, 0.15) is 27.2 Å². The van der Waals surface area contributed by atoms with Crippen molar-refractivity contribution in [1.29, 1.82) is 0 Å². The molecule has 0 aliphatic carbocycles. The smallest absolute Gasteiger partial charge is 0.326 e. The number of rotatable bonds is 6. The molecule has 98 valence electrons. The summed E-state index contributed by atoms with van der Waals surface area (Å²) in [4.78, 5) is 22.9. The molecule has 1 saturated heterocycles. The summed E-state index contributed by atoms with van der Waals surface area (Å²) in [7, 11) is 0. The van der Waals surface area contributed by atoms with Crippen LogP contribution in [0.25, 0.3) is 0 Å². The van der Waals surface area contributed by atoms with Crippen molar-refractivity contribution in [2.45, 2.75) is 33.2 Å². The van der Waals surface area contributed by atoms with Gasteiger partial charge in [-0.1, -0.05) is 20.8 Å². The number of carbonyl (C=O) groups is 2. The third-order valence-electron chi connectivity index (χ3n) is 3.26. The Labute approximate surface area is 102 Å². The SMILES string of the molecule is CC(C)C[C@@H](NC(=O)C(C)C1CNC1)C(=O)O. The van der Waals surface area contributed by atoms with Gasteiger partial charge in [0, 0.05) is 5.92 Å². The zero-order valence-corrected chi connectivity index (χ0v) is 10.7. The molecule has 0 aromatic heterocycles. The molecule has 1 aliphatic rings. The lowest BCUT2D eigenvalue weighted by molar-refractivity contribution is -0.143. The van der Waals surface area contributed by atoms with Gasteiger partial charge in [0.25, 0.3) is 0 Å². The summed E-state index contributed by atoms with van der Waals surface area (Å²) in [5.74, 6) is -0.638.